The van der Waals surface area contributed by atoms with Gasteiger partial charge in [-0.05, 0) is 20.8 Å². The Morgan fingerprint density at radius 2 is 1.78 bits per heavy atom. The molecule has 0 amide bonds. The molecule has 0 fully saturated rings. The number of hydrogen-bond donors (Lipinski definition) is 3. The van der Waals surface area contributed by atoms with Crippen molar-refractivity contribution in [3.63, 3.8) is 0 Å². The molecule has 0 aromatic carbocycles. The smallest absolute Gasteiger partial charge is 0.322 e. The van der Waals surface area contributed by atoms with E-state index in [1.54, 1.807) is 20.8 Å². The SMILES string of the molecule is CC(C)(C)OC(=O)C(CNCCC(=O)O)C(=O)O. The van der Waals surface area contributed by atoms with Crippen molar-refractivity contribution in [3.05, 3.63) is 0 Å². The van der Waals surface area contributed by atoms with Crippen LogP contribution < -0.4 is 5.32 Å². The number of rotatable bonds is 7. The van der Waals surface area contributed by atoms with E-state index in [-0.39, 0.29) is 19.5 Å². The number of aliphatic carboxylic acids is 2. The molecule has 104 valence electrons. The van der Waals surface area contributed by atoms with E-state index in [0.29, 0.717) is 0 Å². The number of carboxylic acid groups (broad SMARTS) is 2. The van der Waals surface area contributed by atoms with Crippen LogP contribution >= 0.6 is 0 Å². The van der Waals surface area contributed by atoms with Gasteiger partial charge in [-0.3, -0.25) is 14.4 Å². The summed E-state index contributed by atoms with van der Waals surface area (Å²) in [4.78, 5) is 32.7. The summed E-state index contributed by atoms with van der Waals surface area (Å²) in [5.41, 5.74) is -0.758. The van der Waals surface area contributed by atoms with Crippen LogP contribution in [-0.4, -0.2) is 46.8 Å². The summed E-state index contributed by atoms with van der Waals surface area (Å²) in [5, 5.41) is 19.9. The lowest BCUT2D eigenvalue weighted by molar-refractivity contribution is -0.166. The highest BCUT2D eigenvalue weighted by Gasteiger charge is 2.30. The van der Waals surface area contributed by atoms with Crippen LogP contribution in [0.4, 0.5) is 0 Å². The maximum atomic E-state index is 11.6. The summed E-state index contributed by atoms with van der Waals surface area (Å²) in [6.07, 6.45) is -0.138. The van der Waals surface area contributed by atoms with Crippen LogP contribution in [0.15, 0.2) is 0 Å². The van der Waals surface area contributed by atoms with E-state index in [2.05, 4.69) is 5.32 Å². The van der Waals surface area contributed by atoms with Crippen LogP contribution in [-0.2, 0) is 19.1 Å². The first-order valence-corrected chi connectivity index (χ1v) is 5.51. The fourth-order valence-electron chi connectivity index (χ4n) is 1.09. The first kappa shape index (κ1) is 16.4. The van der Waals surface area contributed by atoms with Crippen molar-refractivity contribution in [1.82, 2.24) is 5.32 Å². The molecule has 7 heteroatoms. The highest BCUT2D eigenvalue weighted by Crippen LogP contribution is 2.11. The van der Waals surface area contributed by atoms with Crippen LogP contribution in [0.1, 0.15) is 27.2 Å². The summed E-state index contributed by atoms with van der Waals surface area (Å²) < 4.78 is 4.96. The average molecular weight is 261 g/mol. The summed E-state index contributed by atoms with van der Waals surface area (Å²) in [6.45, 7) is 4.87. The standard InChI is InChI=1S/C11H19NO6/c1-11(2,3)18-10(17)7(9(15)16)6-12-5-4-8(13)14/h7,12H,4-6H2,1-3H3,(H,13,14)(H,15,16). The van der Waals surface area contributed by atoms with Crippen molar-refractivity contribution in [3.8, 4) is 0 Å². The third-order valence-corrected chi connectivity index (χ3v) is 1.85. The molecule has 18 heavy (non-hydrogen) atoms. The highest BCUT2D eigenvalue weighted by atomic mass is 16.6. The van der Waals surface area contributed by atoms with Crippen molar-refractivity contribution in [2.45, 2.75) is 32.8 Å². The lowest BCUT2D eigenvalue weighted by Crippen LogP contribution is -2.39. The van der Waals surface area contributed by atoms with Gasteiger partial charge in [-0.25, -0.2) is 0 Å². The van der Waals surface area contributed by atoms with E-state index in [4.69, 9.17) is 14.9 Å². The molecule has 0 aliphatic carbocycles. The van der Waals surface area contributed by atoms with Gasteiger partial charge in [0, 0.05) is 13.1 Å². The Balaban J connectivity index is 4.27. The second-order valence-electron chi connectivity index (χ2n) is 4.77. The quantitative estimate of drug-likeness (QED) is 0.338. The fraction of sp³-hybridized carbons (Fsp3) is 0.727. The Bertz CT molecular complexity index is 320. The maximum Gasteiger partial charge on any atom is 0.322 e. The van der Waals surface area contributed by atoms with Crippen LogP contribution in [0.25, 0.3) is 0 Å². The number of nitrogens with one attached hydrogen (secondary N) is 1. The molecule has 0 rings (SSSR count). The minimum atomic E-state index is -1.34. The molecule has 3 N–H and O–H groups in total. The van der Waals surface area contributed by atoms with Crippen LogP contribution in [0.3, 0.4) is 0 Å². The number of carbonyl (C=O) groups excluding carboxylic acids is 1. The molecular formula is C11H19NO6. The third-order valence-electron chi connectivity index (χ3n) is 1.85. The molecule has 0 bridgehead atoms. The van der Waals surface area contributed by atoms with Crippen LogP contribution in [0.5, 0.6) is 0 Å². The van der Waals surface area contributed by atoms with Gasteiger partial charge in [-0.2, -0.15) is 0 Å². The zero-order valence-corrected chi connectivity index (χ0v) is 10.7. The van der Waals surface area contributed by atoms with Gasteiger partial charge in [-0.15, -0.1) is 0 Å². The predicted octanol–water partition coefficient (Wildman–Crippen LogP) is 0.0932. The first-order valence-electron chi connectivity index (χ1n) is 5.51. The molecule has 1 atom stereocenters. The normalized spacial score (nSPS) is 12.8. The lowest BCUT2D eigenvalue weighted by Gasteiger charge is -2.22. The minimum absolute atomic E-state index is 0.0991. The van der Waals surface area contributed by atoms with Gasteiger partial charge in [-0.1, -0.05) is 0 Å². The topological polar surface area (TPSA) is 113 Å². The van der Waals surface area contributed by atoms with Crippen molar-refractivity contribution in [2.75, 3.05) is 13.1 Å². The van der Waals surface area contributed by atoms with E-state index in [1.807, 2.05) is 0 Å². The Hall–Kier alpha value is -1.63. The summed E-state index contributed by atoms with van der Waals surface area (Å²) in [5.74, 6) is -4.46. The Kier molecular flexibility index (Phi) is 6.32. The maximum absolute atomic E-state index is 11.6. The second-order valence-corrected chi connectivity index (χ2v) is 4.77. The summed E-state index contributed by atoms with van der Waals surface area (Å²) in [7, 11) is 0. The third kappa shape index (κ3) is 7.61. The van der Waals surface area contributed by atoms with Crippen molar-refractivity contribution in [1.29, 1.82) is 0 Å². The molecule has 0 saturated heterocycles. The van der Waals surface area contributed by atoms with Crippen molar-refractivity contribution >= 4 is 17.9 Å². The largest absolute Gasteiger partial charge is 0.481 e. The van der Waals surface area contributed by atoms with E-state index in [9.17, 15) is 14.4 Å². The average Bonchev–Trinajstić information content (AvgIpc) is 2.12. The lowest BCUT2D eigenvalue weighted by atomic mass is 10.1. The van der Waals surface area contributed by atoms with Gasteiger partial charge in [0.15, 0.2) is 5.92 Å². The summed E-state index contributed by atoms with van der Waals surface area (Å²) >= 11 is 0. The van der Waals surface area contributed by atoms with Crippen molar-refractivity contribution in [2.24, 2.45) is 5.92 Å². The monoisotopic (exact) mass is 261 g/mol. The van der Waals surface area contributed by atoms with Gasteiger partial charge in [0.25, 0.3) is 0 Å². The number of hydrogen-bond acceptors (Lipinski definition) is 5. The number of carbonyl (C=O) groups is 3. The predicted molar refractivity (Wildman–Crippen MR) is 62.1 cm³/mol. The second kappa shape index (κ2) is 6.95. The minimum Gasteiger partial charge on any atom is -0.481 e. The molecule has 1 unspecified atom stereocenters. The van der Waals surface area contributed by atoms with E-state index in [0.717, 1.165) is 0 Å². The number of ether oxygens (including phenoxy) is 1. The molecule has 0 spiro atoms. The number of esters is 1. The molecule has 0 heterocycles. The molecular weight excluding hydrogens is 242 g/mol. The fourth-order valence-corrected chi connectivity index (χ4v) is 1.09. The van der Waals surface area contributed by atoms with Crippen LogP contribution in [0, 0.1) is 5.92 Å². The highest BCUT2D eigenvalue weighted by molar-refractivity contribution is 5.94. The van der Waals surface area contributed by atoms with Crippen molar-refractivity contribution < 1.29 is 29.3 Å². The van der Waals surface area contributed by atoms with E-state index >= 15 is 0 Å². The molecule has 7 nitrogen and oxygen atoms in total. The molecule has 0 radical (unpaired) electrons. The Morgan fingerprint density at radius 3 is 2.17 bits per heavy atom. The molecule has 0 saturated carbocycles. The van der Waals surface area contributed by atoms with Gasteiger partial charge in [0.2, 0.25) is 0 Å². The zero-order valence-electron chi connectivity index (χ0n) is 10.7. The van der Waals surface area contributed by atoms with Gasteiger partial charge in [0.1, 0.15) is 5.60 Å². The molecule has 0 aliphatic rings. The first-order chi connectivity index (χ1) is 8.13. The molecule has 0 aliphatic heterocycles. The molecule has 0 aromatic heterocycles. The summed E-state index contributed by atoms with van der Waals surface area (Å²) in [6, 6.07) is 0. The number of carboxylic acids is 2. The van der Waals surface area contributed by atoms with E-state index < -0.39 is 29.4 Å². The Labute approximate surface area is 105 Å². The van der Waals surface area contributed by atoms with E-state index in [1.165, 1.54) is 0 Å². The van der Waals surface area contributed by atoms with Gasteiger partial charge in [0.05, 0.1) is 6.42 Å². The van der Waals surface area contributed by atoms with Crippen LogP contribution in [0.2, 0.25) is 0 Å². The van der Waals surface area contributed by atoms with Gasteiger partial charge >= 0.3 is 17.9 Å². The zero-order chi connectivity index (χ0) is 14.3. The molecule has 0 aromatic rings. The Morgan fingerprint density at radius 1 is 1.22 bits per heavy atom. The van der Waals surface area contributed by atoms with Gasteiger partial charge < -0.3 is 20.3 Å².